The van der Waals surface area contributed by atoms with Gasteiger partial charge in [0.05, 0.1) is 0 Å². The molecule has 106 valence electrons. The largest absolute Gasteiger partial charge is 0.327 e. The van der Waals surface area contributed by atoms with E-state index in [9.17, 15) is 9.59 Å². The molecule has 0 spiro atoms. The Morgan fingerprint density at radius 2 is 2.26 bits per heavy atom. The standard InChI is InChI=1S/C13H19N3O2.ClH/c1-16-7-3-6-11(13(16)18)15-12(17)8-9-4-2-5-10(9)14;/h3,6-7,9-10H,2,4-5,8,14H2,1H3,(H,15,17);1H/t9-,10+;/m0./s1. The van der Waals surface area contributed by atoms with Crippen molar-refractivity contribution in [1.29, 1.82) is 0 Å². The van der Waals surface area contributed by atoms with Crippen molar-refractivity contribution in [3.8, 4) is 0 Å². The molecule has 19 heavy (non-hydrogen) atoms. The molecule has 1 aromatic rings. The van der Waals surface area contributed by atoms with Gasteiger partial charge in [-0.25, -0.2) is 0 Å². The highest BCUT2D eigenvalue weighted by Gasteiger charge is 2.26. The molecule has 0 aliphatic heterocycles. The average Bonchev–Trinajstić information content (AvgIpc) is 2.71. The highest BCUT2D eigenvalue weighted by Crippen LogP contribution is 2.26. The summed E-state index contributed by atoms with van der Waals surface area (Å²) in [5.41, 5.74) is 6.07. The van der Waals surface area contributed by atoms with Gasteiger partial charge in [0, 0.05) is 25.7 Å². The van der Waals surface area contributed by atoms with Crippen molar-refractivity contribution in [3.63, 3.8) is 0 Å². The monoisotopic (exact) mass is 285 g/mol. The smallest absolute Gasteiger partial charge is 0.274 e. The summed E-state index contributed by atoms with van der Waals surface area (Å²) in [5, 5.41) is 2.67. The first-order valence-corrected chi connectivity index (χ1v) is 6.29. The van der Waals surface area contributed by atoms with E-state index in [4.69, 9.17) is 5.73 Å². The van der Waals surface area contributed by atoms with Gasteiger partial charge in [0.15, 0.2) is 0 Å². The summed E-state index contributed by atoms with van der Waals surface area (Å²) in [6, 6.07) is 3.47. The molecular weight excluding hydrogens is 266 g/mol. The first-order chi connectivity index (χ1) is 8.58. The third kappa shape index (κ3) is 3.81. The van der Waals surface area contributed by atoms with Crippen LogP contribution in [-0.4, -0.2) is 16.5 Å². The molecule has 2 atom stereocenters. The number of nitrogens with two attached hydrogens (primary N) is 1. The topological polar surface area (TPSA) is 77.1 Å². The van der Waals surface area contributed by atoms with Gasteiger partial charge in [-0.3, -0.25) is 9.59 Å². The van der Waals surface area contributed by atoms with Gasteiger partial charge in [-0.1, -0.05) is 6.42 Å². The number of aryl methyl sites for hydroxylation is 1. The molecule has 0 radical (unpaired) electrons. The Hall–Kier alpha value is -1.33. The van der Waals surface area contributed by atoms with Crippen molar-refractivity contribution in [2.45, 2.75) is 31.7 Å². The fourth-order valence-electron chi connectivity index (χ4n) is 2.45. The van der Waals surface area contributed by atoms with Gasteiger partial charge in [0.25, 0.3) is 5.56 Å². The molecule has 0 saturated heterocycles. The van der Waals surface area contributed by atoms with Crippen molar-refractivity contribution in [2.24, 2.45) is 18.7 Å². The summed E-state index contributed by atoms with van der Waals surface area (Å²) in [5.74, 6) is 0.123. The van der Waals surface area contributed by atoms with E-state index in [2.05, 4.69) is 5.32 Å². The van der Waals surface area contributed by atoms with Crippen molar-refractivity contribution in [1.82, 2.24) is 4.57 Å². The first kappa shape index (κ1) is 15.7. The molecule has 0 aromatic carbocycles. The first-order valence-electron chi connectivity index (χ1n) is 6.29. The zero-order valence-electron chi connectivity index (χ0n) is 11.0. The SMILES string of the molecule is Cl.Cn1cccc(NC(=O)C[C@@H]2CCC[C@H]2N)c1=O. The van der Waals surface area contributed by atoms with Gasteiger partial charge >= 0.3 is 0 Å². The number of hydrogen-bond donors (Lipinski definition) is 2. The number of carbonyl (C=O) groups excluding carboxylic acids is 1. The fraction of sp³-hybridized carbons (Fsp3) is 0.538. The fourth-order valence-corrected chi connectivity index (χ4v) is 2.45. The number of pyridine rings is 1. The lowest BCUT2D eigenvalue weighted by Crippen LogP contribution is -2.30. The third-order valence-electron chi connectivity index (χ3n) is 3.56. The van der Waals surface area contributed by atoms with Gasteiger partial charge < -0.3 is 15.6 Å². The van der Waals surface area contributed by atoms with Gasteiger partial charge in [-0.05, 0) is 30.9 Å². The van der Waals surface area contributed by atoms with E-state index in [1.807, 2.05) is 0 Å². The highest BCUT2D eigenvalue weighted by molar-refractivity contribution is 5.90. The minimum Gasteiger partial charge on any atom is -0.327 e. The van der Waals surface area contributed by atoms with E-state index in [1.54, 1.807) is 25.4 Å². The van der Waals surface area contributed by atoms with Gasteiger partial charge in [0.2, 0.25) is 5.91 Å². The zero-order chi connectivity index (χ0) is 13.1. The minimum absolute atomic E-state index is 0. The Kier molecular flexibility index (Phi) is 5.57. The lowest BCUT2D eigenvalue weighted by Gasteiger charge is -2.14. The lowest BCUT2D eigenvalue weighted by molar-refractivity contribution is -0.117. The molecule has 0 unspecified atom stereocenters. The Bertz CT molecular complexity index is 501. The van der Waals surface area contributed by atoms with E-state index in [0.717, 1.165) is 19.3 Å². The number of anilines is 1. The Morgan fingerprint density at radius 3 is 2.89 bits per heavy atom. The molecule has 0 bridgehead atoms. The van der Waals surface area contributed by atoms with Crippen LogP contribution >= 0.6 is 12.4 Å². The highest BCUT2D eigenvalue weighted by atomic mass is 35.5. The van der Waals surface area contributed by atoms with Crippen LogP contribution in [0.3, 0.4) is 0 Å². The number of nitrogens with one attached hydrogen (secondary N) is 1. The molecule has 5 nitrogen and oxygen atoms in total. The number of amides is 1. The third-order valence-corrected chi connectivity index (χ3v) is 3.56. The van der Waals surface area contributed by atoms with Crippen LogP contribution in [0, 0.1) is 5.92 Å². The second-order valence-corrected chi connectivity index (χ2v) is 4.95. The van der Waals surface area contributed by atoms with E-state index in [1.165, 1.54) is 4.57 Å². The maximum atomic E-state index is 11.9. The summed E-state index contributed by atoms with van der Waals surface area (Å²) in [7, 11) is 1.66. The maximum absolute atomic E-state index is 11.9. The van der Waals surface area contributed by atoms with Crippen LogP contribution in [0.15, 0.2) is 23.1 Å². The summed E-state index contributed by atoms with van der Waals surface area (Å²) < 4.78 is 1.44. The van der Waals surface area contributed by atoms with Crippen molar-refractivity contribution in [3.05, 3.63) is 28.7 Å². The molecule has 1 amide bonds. The molecule has 2 rings (SSSR count). The predicted octanol–water partition coefficient (Wildman–Crippen LogP) is 1.26. The number of halogens is 1. The number of nitrogens with zero attached hydrogens (tertiary/aromatic N) is 1. The Balaban J connectivity index is 0.00000180. The molecule has 3 N–H and O–H groups in total. The maximum Gasteiger partial charge on any atom is 0.274 e. The van der Waals surface area contributed by atoms with Gasteiger partial charge in [0.1, 0.15) is 5.69 Å². The van der Waals surface area contributed by atoms with Crippen LogP contribution in [0.1, 0.15) is 25.7 Å². The normalized spacial score (nSPS) is 21.8. The van der Waals surface area contributed by atoms with Crippen LogP contribution in [-0.2, 0) is 11.8 Å². The second kappa shape index (κ2) is 6.73. The molecule has 1 aromatic heterocycles. The van der Waals surface area contributed by atoms with E-state index in [0.29, 0.717) is 12.1 Å². The quantitative estimate of drug-likeness (QED) is 0.878. The van der Waals surface area contributed by atoms with E-state index < -0.39 is 0 Å². The molecular formula is C13H20ClN3O2. The molecule has 1 heterocycles. The van der Waals surface area contributed by atoms with Crippen LogP contribution in [0.5, 0.6) is 0 Å². The number of aromatic nitrogens is 1. The Morgan fingerprint density at radius 1 is 1.53 bits per heavy atom. The summed E-state index contributed by atoms with van der Waals surface area (Å²) in [4.78, 5) is 23.6. The van der Waals surface area contributed by atoms with Gasteiger partial charge in [-0.15, -0.1) is 12.4 Å². The van der Waals surface area contributed by atoms with Crippen LogP contribution in [0.4, 0.5) is 5.69 Å². The van der Waals surface area contributed by atoms with Crippen molar-refractivity contribution < 1.29 is 4.79 Å². The zero-order valence-corrected chi connectivity index (χ0v) is 11.8. The molecule has 1 aliphatic carbocycles. The van der Waals surface area contributed by atoms with E-state index in [-0.39, 0.29) is 35.8 Å². The van der Waals surface area contributed by atoms with E-state index >= 15 is 0 Å². The van der Waals surface area contributed by atoms with Crippen LogP contribution in [0.2, 0.25) is 0 Å². The summed E-state index contributed by atoms with van der Waals surface area (Å²) >= 11 is 0. The van der Waals surface area contributed by atoms with Crippen LogP contribution < -0.4 is 16.6 Å². The van der Waals surface area contributed by atoms with Crippen LogP contribution in [0.25, 0.3) is 0 Å². The average molecular weight is 286 g/mol. The molecule has 1 fully saturated rings. The number of hydrogen-bond acceptors (Lipinski definition) is 3. The molecule has 6 heteroatoms. The Labute approximate surface area is 118 Å². The predicted molar refractivity (Wildman–Crippen MR) is 77.5 cm³/mol. The van der Waals surface area contributed by atoms with Crippen molar-refractivity contribution >= 4 is 24.0 Å². The number of carbonyl (C=O) groups is 1. The second-order valence-electron chi connectivity index (χ2n) is 4.95. The van der Waals surface area contributed by atoms with Crippen molar-refractivity contribution in [2.75, 3.05) is 5.32 Å². The summed E-state index contributed by atoms with van der Waals surface area (Å²) in [6.07, 6.45) is 5.14. The lowest BCUT2D eigenvalue weighted by atomic mass is 10.00. The molecule has 1 saturated carbocycles. The summed E-state index contributed by atoms with van der Waals surface area (Å²) in [6.45, 7) is 0. The van der Waals surface area contributed by atoms with Gasteiger partial charge in [-0.2, -0.15) is 0 Å². The number of rotatable bonds is 3. The molecule has 1 aliphatic rings. The minimum atomic E-state index is -0.193.